The van der Waals surface area contributed by atoms with Crippen molar-refractivity contribution >= 4 is 22.5 Å². The molecule has 1 aromatic heterocycles. The largest absolute Gasteiger partial charge is 0.416 e. The third-order valence-electron chi connectivity index (χ3n) is 5.62. The minimum Gasteiger partial charge on any atom is -0.325 e. The number of nitrogens with two attached hydrogens (primary N) is 1. The standard InChI is InChI=1S/C26H24F3N3O/c1-16(2)23-15-32(21-10-8-20(9-11-21)31-25(33)14-30)24-13-18(5-12-22(23)24)17-3-6-19(7-4-17)26(27,28)29/h3-13,15-16H,14,30H2,1-2H3,(H,31,33). The Morgan fingerprint density at radius 3 is 2.18 bits per heavy atom. The van der Waals surface area contributed by atoms with Crippen LogP contribution in [0.5, 0.6) is 0 Å². The molecule has 0 radical (unpaired) electrons. The Hall–Kier alpha value is -3.58. The number of carbonyl (C=O) groups is 1. The fourth-order valence-corrected chi connectivity index (χ4v) is 3.88. The molecule has 3 aromatic carbocycles. The Morgan fingerprint density at radius 2 is 1.61 bits per heavy atom. The molecule has 0 saturated heterocycles. The Labute approximate surface area is 189 Å². The van der Waals surface area contributed by atoms with Crippen LogP contribution >= 0.6 is 0 Å². The maximum absolute atomic E-state index is 12.9. The molecule has 170 valence electrons. The summed E-state index contributed by atoms with van der Waals surface area (Å²) in [6.45, 7) is 4.15. The van der Waals surface area contributed by atoms with Crippen molar-refractivity contribution in [2.45, 2.75) is 25.9 Å². The van der Waals surface area contributed by atoms with Crippen molar-refractivity contribution in [1.82, 2.24) is 4.57 Å². The van der Waals surface area contributed by atoms with E-state index in [0.29, 0.717) is 11.3 Å². The van der Waals surface area contributed by atoms with Gasteiger partial charge in [-0.15, -0.1) is 0 Å². The van der Waals surface area contributed by atoms with Crippen LogP contribution < -0.4 is 11.1 Å². The fourth-order valence-electron chi connectivity index (χ4n) is 3.88. The van der Waals surface area contributed by atoms with E-state index in [4.69, 9.17) is 5.73 Å². The Morgan fingerprint density at radius 1 is 0.970 bits per heavy atom. The van der Waals surface area contributed by atoms with Crippen molar-refractivity contribution in [1.29, 1.82) is 0 Å². The zero-order valence-corrected chi connectivity index (χ0v) is 18.3. The van der Waals surface area contributed by atoms with Crippen LogP contribution in [0.1, 0.15) is 30.9 Å². The van der Waals surface area contributed by atoms with Crippen molar-refractivity contribution in [3.63, 3.8) is 0 Å². The molecule has 3 N–H and O–H groups in total. The quantitative estimate of drug-likeness (QED) is 0.372. The summed E-state index contributed by atoms with van der Waals surface area (Å²) in [5, 5.41) is 3.81. The van der Waals surface area contributed by atoms with E-state index in [2.05, 4.69) is 29.9 Å². The normalized spacial score (nSPS) is 11.8. The second kappa shape index (κ2) is 8.75. The van der Waals surface area contributed by atoms with Crippen LogP contribution in [0.3, 0.4) is 0 Å². The number of fused-ring (bicyclic) bond motifs is 1. The number of anilines is 1. The molecule has 0 aliphatic carbocycles. The predicted octanol–water partition coefficient (Wildman–Crippen LogP) is 6.34. The third kappa shape index (κ3) is 4.64. The number of nitrogens with zero attached hydrogens (tertiary/aromatic N) is 1. The lowest BCUT2D eigenvalue weighted by atomic mass is 9.99. The van der Waals surface area contributed by atoms with Gasteiger partial charge in [-0.25, -0.2) is 0 Å². The van der Waals surface area contributed by atoms with E-state index in [1.54, 1.807) is 0 Å². The Kier molecular flexibility index (Phi) is 5.99. The molecule has 4 rings (SSSR count). The predicted molar refractivity (Wildman–Crippen MR) is 125 cm³/mol. The average molecular weight is 451 g/mol. The van der Waals surface area contributed by atoms with Crippen molar-refractivity contribution in [2.75, 3.05) is 11.9 Å². The van der Waals surface area contributed by atoms with Gasteiger partial charge in [-0.1, -0.05) is 38.1 Å². The van der Waals surface area contributed by atoms with E-state index < -0.39 is 11.7 Å². The minimum atomic E-state index is -4.36. The summed E-state index contributed by atoms with van der Waals surface area (Å²) in [6.07, 6.45) is -2.28. The average Bonchev–Trinajstić information content (AvgIpc) is 3.18. The number of hydrogen-bond donors (Lipinski definition) is 2. The summed E-state index contributed by atoms with van der Waals surface area (Å²) in [6, 6.07) is 18.6. The van der Waals surface area contributed by atoms with Crippen LogP contribution in [0, 0.1) is 0 Å². The highest BCUT2D eigenvalue weighted by molar-refractivity contribution is 5.92. The van der Waals surface area contributed by atoms with Gasteiger partial charge in [0.1, 0.15) is 0 Å². The summed E-state index contributed by atoms with van der Waals surface area (Å²) in [5.41, 5.74) is 9.91. The molecule has 0 fully saturated rings. The van der Waals surface area contributed by atoms with E-state index >= 15 is 0 Å². The number of carbonyl (C=O) groups excluding carboxylic acids is 1. The van der Waals surface area contributed by atoms with Crippen molar-refractivity contribution in [3.8, 4) is 16.8 Å². The zero-order valence-electron chi connectivity index (χ0n) is 18.3. The Balaban J connectivity index is 1.77. The number of benzene rings is 3. The molecule has 0 atom stereocenters. The minimum absolute atomic E-state index is 0.0888. The van der Waals surface area contributed by atoms with Gasteiger partial charge >= 0.3 is 6.18 Å². The van der Waals surface area contributed by atoms with E-state index in [1.165, 1.54) is 17.7 Å². The van der Waals surface area contributed by atoms with E-state index in [0.717, 1.165) is 34.3 Å². The number of halogens is 3. The zero-order chi connectivity index (χ0) is 23.8. The van der Waals surface area contributed by atoms with Crippen molar-refractivity contribution in [2.24, 2.45) is 5.73 Å². The van der Waals surface area contributed by atoms with Crippen LogP contribution in [0.4, 0.5) is 18.9 Å². The summed E-state index contributed by atoms with van der Waals surface area (Å²) >= 11 is 0. The molecule has 4 nitrogen and oxygen atoms in total. The van der Waals surface area contributed by atoms with E-state index in [9.17, 15) is 18.0 Å². The second-order valence-corrected chi connectivity index (χ2v) is 8.22. The van der Waals surface area contributed by atoms with Gasteiger partial charge < -0.3 is 15.6 Å². The van der Waals surface area contributed by atoms with Gasteiger partial charge in [-0.2, -0.15) is 13.2 Å². The molecule has 33 heavy (non-hydrogen) atoms. The van der Waals surface area contributed by atoms with Crippen LogP contribution in [0.2, 0.25) is 0 Å². The van der Waals surface area contributed by atoms with Gasteiger partial charge in [-0.05, 0) is 65.1 Å². The lowest BCUT2D eigenvalue weighted by molar-refractivity contribution is -0.137. The molecule has 7 heteroatoms. The van der Waals surface area contributed by atoms with Crippen LogP contribution in [0.15, 0.2) is 72.9 Å². The number of aromatic nitrogens is 1. The summed E-state index contributed by atoms with van der Waals surface area (Å²) in [5.74, 6) is 0.0197. The van der Waals surface area contributed by atoms with Gasteiger partial charge in [-0.3, -0.25) is 4.79 Å². The van der Waals surface area contributed by atoms with E-state index in [1.807, 2.05) is 42.5 Å². The number of hydrogen-bond acceptors (Lipinski definition) is 2. The molecular formula is C26H24F3N3O. The van der Waals surface area contributed by atoms with Crippen LogP contribution in [0.25, 0.3) is 27.7 Å². The summed E-state index contributed by atoms with van der Waals surface area (Å²) < 4.78 is 40.9. The fraction of sp³-hybridized carbons (Fsp3) is 0.192. The number of rotatable bonds is 5. The van der Waals surface area contributed by atoms with Crippen molar-refractivity contribution < 1.29 is 18.0 Å². The molecule has 4 aromatic rings. The van der Waals surface area contributed by atoms with Crippen molar-refractivity contribution in [3.05, 3.63) is 84.1 Å². The highest BCUT2D eigenvalue weighted by atomic mass is 19.4. The summed E-state index contributed by atoms with van der Waals surface area (Å²) in [7, 11) is 0. The van der Waals surface area contributed by atoms with Gasteiger partial charge in [0.05, 0.1) is 17.6 Å². The number of alkyl halides is 3. The summed E-state index contributed by atoms with van der Waals surface area (Å²) in [4.78, 5) is 11.5. The Bertz CT molecular complexity index is 1290. The monoisotopic (exact) mass is 451 g/mol. The molecule has 1 heterocycles. The van der Waals surface area contributed by atoms with Crippen LogP contribution in [-0.2, 0) is 11.0 Å². The maximum atomic E-state index is 12.9. The highest BCUT2D eigenvalue weighted by Gasteiger charge is 2.30. The van der Waals surface area contributed by atoms with Gasteiger partial charge in [0.25, 0.3) is 0 Å². The second-order valence-electron chi connectivity index (χ2n) is 8.22. The maximum Gasteiger partial charge on any atom is 0.416 e. The molecule has 0 bridgehead atoms. The lowest BCUT2D eigenvalue weighted by Crippen LogP contribution is -2.21. The van der Waals surface area contributed by atoms with Gasteiger partial charge in [0.15, 0.2) is 0 Å². The van der Waals surface area contributed by atoms with Gasteiger partial charge in [0, 0.05) is 23.0 Å². The van der Waals surface area contributed by atoms with Gasteiger partial charge in [0.2, 0.25) is 5.91 Å². The first-order chi connectivity index (χ1) is 15.7. The molecular weight excluding hydrogens is 427 g/mol. The van der Waals surface area contributed by atoms with Crippen LogP contribution in [-0.4, -0.2) is 17.0 Å². The lowest BCUT2D eigenvalue weighted by Gasteiger charge is -2.10. The first-order valence-corrected chi connectivity index (χ1v) is 10.6. The number of nitrogens with one attached hydrogen (secondary N) is 1. The topological polar surface area (TPSA) is 60.0 Å². The third-order valence-corrected chi connectivity index (χ3v) is 5.62. The first-order valence-electron chi connectivity index (χ1n) is 10.6. The highest BCUT2D eigenvalue weighted by Crippen LogP contribution is 2.35. The smallest absolute Gasteiger partial charge is 0.325 e. The first kappa shape index (κ1) is 22.6. The SMILES string of the molecule is CC(C)c1cn(-c2ccc(NC(=O)CN)cc2)c2cc(-c3ccc(C(F)(F)F)cc3)ccc12. The number of amides is 1. The molecule has 0 saturated carbocycles. The molecule has 0 unspecified atom stereocenters. The molecule has 0 spiro atoms. The molecule has 1 amide bonds. The molecule has 0 aliphatic rings. The molecule has 0 aliphatic heterocycles. The van der Waals surface area contributed by atoms with E-state index in [-0.39, 0.29) is 18.4 Å².